The molecule has 0 aliphatic rings. The summed E-state index contributed by atoms with van der Waals surface area (Å²) in [6.07, 6.45) is 3.78. The average molecular weight is 287 g/mol. The molecule has 0 saturated carbocycles. The molecule has 4 heteroatoms. The number of hydrogen-bond donors (Lipinski definition) is 1. The standard InChI is InChI=1S/C16H33NO3/c1-14(2)7-11-19-9-5-6-10-20-12-8-17-16(18)13-15(3)4/h14-15H,5-13H2,1-4H3,(H,17,18). The molecule has 0 unspecified atom stereocenters. The Bertz CT molecular complexity index is 230. The van der Waals surface area contributed by atoms with Crippen molar-refractivity contribution in [3.63, 3.8) is 0 Å². The van der Waals surface area contributed by atoms with Crippen molar-refractivity contribution in [3.05, 3.63) is 0 Å². The Kier molecular flexibility index (Phi) is 13.0. The highest BCUT2D eigenvalue weighted by atomic mass is 16.5. The van der Waals surface area contributed by atoms with Crippen LogP contribution in [-0.4, -0.2) is 38.9 Å². The van der Waals surface area contributed by atoms with Crippen molar-refractivity contribution >= 4 is 5.91 Å². The van der Waals surface area contributed by atoms with Crippen LogP contribution < -0.4 is 5.32 Å². The molecule has 0 heterocycles. The van der Waals surface area contributed by atoms with Crippen LogP contribution in [0.15, 0.2) is 0 Å². The Morgan fingerprint density at radius 3 is 2.05 bits per heavy atom. The number of unbranched alkanes of at least 4 members (excludes halogenated alkanes) is 1. The molecule has 0 aromatic rings. The molecule has 4 nitrogen and oxygen atoms in total. The summed E-state index contributed by atoms with van der Waals surface area (Å²) in [5.41, 5.74) is 0. The van der Waals surface area contributed by atoms with Crippen molar-refractivity contribution in [1.29, 1.82) is 0 Å². The normalized spacial score (nSPS) is 11.3. The quantitative estimate of drug-likeness (QED) is 0.530. The van der Waals surface area contributed by atoms with Gasteiger partial charge in [-0.25, -0.2) is 0 Å². The van der Waals surface area contributed by atoms with E-state index in [0.29, 0.717) is 31.4 Å². The fourth-order valence-corrected chi connectivity index (χ4v) is 1.64. The zero-order valence-electron chi connectivity index (χ0n) is 13.7. The molecule has 0 rings (SSSR count). The van der Waals surface area contributed by atoms with Crippen LogP contribution in [-0.2, 0) is 14.3 Å². The largest absolute Gasteiger partial charge is 0.381 e. The van der Waals surface area contributed by atoms with Crippen molar-refractivity contribution in [2.75, 3.05) is 33.0 Å². The van der Waals surface area contributed by atoms with E-state index in [9.17, 15) is 4.79 Å². The van der Waals surface area contributed by atoms with E-state index in [0.717, 1.165) is 39.1 Å². The molecule has 0 spiro atoms. The molecule has 0 aromatic heterocycles. The number of amides is 1. The Labute approximate surface area is 124 Å². The van der Waals surface area contributed by atoms with Crippen molar-refractivity contribution in [2.24, 2.45) is 11.8 Å². The number of carbonyl (C=O) groups excluding carboxylic acids is 1. The maximum absolute atomic E-state index is 11.4. The molecule has 0 saturated heterocycles. The summed E-state index contributed by atoms with van der Waals surface area (Å²) >= 11 is 0. The molecule has 0 aromatic carbocycles. The summed E-state index contributed by atoms with van der Waals surface area (Å²) in [6, 6.07) is 0. The Morgan fingerprint density at radius 1 is 0.900 bits per heavy atom. The molecule has 1 N–H and O–H groups in total. The van der Waals surface area contributed by atoms with Gasteiger partial charge in [-0.3, -0.25) is 4.79 Å². The van der Waals surface area contributed by atoms with Gasteiger partial charge in [0, 0.05) is 32.8 Å². The van der Waals surface area contributed by atoms with E-state index in [4.69, 9.17) is 9.47 Å². The van der Waals surface area contributed by atoms with Crippen LogP contribution in [0.25, 0.3) is 0 Å². The first kappa shape index (κ1) is 19.4. The minimum Gasteiger partial charge on any atom is -0.381 e. The van der Waals surface area contributed by atoms with E-state index in [1.165, 1.54) is 0 Å². The van der Waals surface area contributed by atoms with Gasteiger partial charge in [0.15, 0.2) is 0 Å². The molecular formula is C16H33NO3. The van der Waals surface area contributed by atoms with E-state index in [2.05, 4.69) is 19.2 Å². The zero-order chi connectivity index (χ0) is 15.2. The lowest BCUT2D eigenvalue weighted by molar-refractivity contribution is -0.122. The van der Waals surface area contributed by atoms with Gasteiger partial charge >= 0.3 is 0 Å². The average Bonchev–Trinajstić information content (AvgIpc) is 2.34. The van der Waals surface area contributed by atoms with Gasteiger partial charge in [-0.2, -0.15) is 0 Å². The number of hydrogen-bond acceptors (Lipinski definition) is 3. The van der Waals surface area contributed by atoms with Gasteiger partial charge in [-0.05, 0) is 31.1 Å². The summed E-state index contributed by atoms with van der Waals surface area (Å²) in [5.74, 6) is 1.23. The lowest BCUT2D eigenvalue weighted by Crippen LogP contribution is -2.28. The second-order valence-electron chi connectivity index (χ2n) is 6.06. The van der Waals surface area contributed by atoms with Crippen LogP contribution >= 0.6 is 0 Å². The smallest absolute Gasteiger partial charge is 0.220 e. The maximum atomic E-state index is 11.4. The number of rotatable bonds is 13. The molecule has 20 heavy (non-hydrogen) atoms. The topological polar surface area (TPSA) is 47.6 Å². The number of nitrogens with one attached hydrogen (secondary N) is 1. The monoisotopic (exact) mass is 287 g/mol. The summed E-state index contributed by atoms with van der Waals surface area (Å²) in [7, 11) is 0. The SMILES string of the molecule is CC(C)CCOCCCCOCCNC(=O)CC(C)C. The first-order valence-corrected chi connectivity index (χ1v) is 7.94. The first-order valence-electron chi connectivity index (χ1n) is 7.94. The second-order valence-corrected chi connectivity index (χ2v) is 6.06. The van der Waals surface area contributed by atoms with Crippen LogP contribution in [0.3, 0.4) is 0 Å². The predicted molar refractivity (Wildman–Crippen MR) is 82.8 cm³/mol. The predicted octanol–water partition coefficient (Wildman–Crippen LogP) is 3.01. The molecule has 0 fully saturated rings. The van der Waals surface area contributed by atoms with Gasteiger partial charge in [0.05, 0.1) is 6.61 Å². The van der Waals surface area contributed by atoms with Gasteiger partial charge in [0.1, 0.15) is 0 Å². The fraction of sp³-hybridized carbons (Fsp3) is 0.938. The van der Waals surface area contributed by atoms with Crippen molar-refractivity contribution < 1.29 is 14.3 Å². The summed E-state index contributed by atoms with van der Waals surface area (Å²) in [6.45, 7) is 12.1. The summed E-state index contributed by atoms with van der Waals surface area (Å²) < 4.78 is 11.0. The minimum atomic E-state index is 0.113. The first-order chi connectivity index (χ1) is 9.52. The van der Waals surface area contributed by atoms with E-state index in [1.54, 1.807) is 0 Å². The minimum absolute atomic E-state index is 0.113. The molecule has 0 radical (unpaired) electrons. The molecule has 0 atom stereocenters. The molecule has 0 aliphatic carbocycles. The van der Waals surface area contributed by atoms with E-state index >= 15 is 0 Å². The van der Waals surface area contributed by atoms with Crippen LogP contribution in [0.2, 0.25) is 0 Å². The van der Waals surface area contributed by atoms with Gasteiger partial charge in [-0.15, -0.1) is 0 Å². The van der Waals surface area contributed by atoms with Crippen LogP contribution in [0.5, 0.6) is 0 Å². The van der Waals surface area contributed by atoms with Crippen molar-refractivity contribution in [2.45, 2.75) is 53.4 Å². The van der Waals surface area contributed by atoms with Crippen LogP contribution in [0.1, 0.15) is 53.4 Å². The van der Waals surface area contributed by atoms with Gasteiger partial charge in [0.2, 0.25) is 5.91 Å². The molecule has 0 aliphatic heterocycles. The van der Waals surface area contributed by atoms with E-state index in [-0.39, 0.29) is 5.91 Å². The Morgan fingerprint density at radius 2 is 1.50 bits per heavy atom. The Balaban J connectivity index is 3.11. The third kappa shape index (κ3) is 15.4. The van der Waals surface area contributed by atoms with Gasteiger partial charge in [-0.1, -0.05) is 27.7 Å². The molecule has 120 valence electrons. The maximum Gasteiger partial charge on any atom is 0.220 e. The number of carbonyl (C=O) groups is 1. The van der Waals surface area contributed by atoms with E-state index < -0.39 is 0 Å². The molecule has 1 amide bonds. The highest BCUT2D eigenvalue weighted by molar-refractivity contribution is 5.75. The van der Waals surface area contributed by atoms with Gasteiger partial charge < -0.3 is 14.8 Å². The lowest BCUT2D eigenvalue weighted by Gasteiger charge is -2.08. The lowest BCUT2D eigenvalue weighted by atomic mass is 10.1. The summed E-state index contributed by atoms with van der Waals surface area (Å²) in [4.78, 5) is 11.4. The van der Waals surface area contributed by atoms with Crippen molar-refractivity contribution in [3.8, 4) is 0 Å². The Hall–Kier alpha value is -0.610. The van der Waals surface area contributed by atoms with Crippen LogP contribution in [0.4, 0.5) is 0 Å². The van der Waals surface area contributed by atoms with E-state index in [1.807, 2.05) is 13.8 Å². The third-order valence-electron chi connectivity index (χ3n) is 2.83. The summed E-state index contributed by atoms with van der Waals surface area (Å²) in [5, 5.41) is 2.85. The molecular weight excluding hydrogens is 254 g/mol. The van der Waals surface area contributed by atoms with Crippen LogP contribution in [0, 0.1) is 11.8 Å². The second kappa shape index (κ2) is 13.4. The fourth-order valence-electron chi connectivity index (χ4n) is 1.64. The zero-order valence-corrected chi connectivity index (χ0v) is 13.7. The number of ether oxygens (including phenoxy) is 2. The third-order valence-corrected chi connectivity index (χ3v) is 2.83. The highest BCUT2D eigenvalue weighted by Crippen LogP contribution is 2.00. The van der Waals surface area contributed by atoms with Crippen molar-refractivity contribution in [1.82, 2.24) is 5.32 Å². The molecule has 0 bridgehead atoms. The van der Waals surface area contributed by atoms with Gasteiger partial charge in [0.25, 0.3) is 0 Å². The highest BCUT2D eigenvalue weighted by Gasteiger charge is 2.03.